The standard InChI is InChI=1S/C25H33N3O4S/c1-17(2)19-8-11-21(12-9-19)28-24(29)22-13-10-20(16-23(22)25(28)30)26-14-6-5-7-15-27-33(31,32)18(3)4/h8-13,16-18,26-27H,5-7,14-15H2,1-4H3. The molecule has 0 bridgehead atoms. The summed E-state index contributed by atoms with van der Waals surface area (Å²) in [7, 11) is -3.21. The number of hydrogen-bond acceptors (Lipinski definition) is 5. The van der Waals surface area contributed by atoms with Gasteiger partial charge < -0.3 is 5.32 Å². The number of fused-ring (bicyclic) bond motifs is 1. The maximum absolute atomic E-state index is 13.0. The van der Waals surface area contributed by atoms with Crippen LogP contribution in [0.3, 0.4) is 0 Å². The molecule has 2 amide bonds. The molecule has 0 aliphatic carbocycles. The fourth-order valence-corrected chi connectivity index (χ4v) is 4.40. The average molecular weight is 472 g/mol. The lowest BCUT2D eigenvalue weighted by molar-refractivity contribution is 0.0926. The van der Waals surface area contributed by atoms with Gasteiger partial charge in [0.15, 0.2) is 0 Å². The first-order chi connectivity index (χ1) is 15.6. The molecule has 3 rings (SSSR count). The zero-order valence-electron chi connectivity index (χ0n) is 19.7. The Hall–Kier alpha value is -2.71. The summed E-state index contributed by atoms with van der Waals surface area (Å²) < 4.78 is 26.1. The van der Waals surface area contributed by atoms with E-state index in [-0.39, 0.29) is 11.8 Å². The van der Waals surface area contributed by atoms with Gasteiger partial charge in [-0.1, -0.05) is 32.4 Å². The van der Waals surface area contributed by atoms with Crippen molar-refractivity contribution >= 4 is 33.2 Å². The Morgan fingerprint density at radius 1 is 0.818 bits per heavy atom. The van der Waals surface area contributed by atoms with Crippen molar-refractivity contribution in [3.8, 4) is 0 Å². The van der Waals surface area contributed by atoms with Crippen LogP contribution < -0.4 is 14.9 Å². The predicted octanol–water partition coefficient (Wildman–Crippen LogP) is 4.52. The van der Waals surface area contributed by atoms with Crippen molar-refractivity contribution in [2.75, 3.05) is 23.3 Å². The molecule has 8 heteroatoms. The lowest BCUT2D eigenvalue weighted by Gasteiger charge is -2.15. The number of carbonyl (C=O) groups is 2. The van der Waals surface area contributed by atoms with E-state index in [4.69, 9.17) is 0 Å². The summed E-state index contributed by atoms with van der Waals surface area (Å²) >= 11 is 0. The number of hydrogen-bond donors (Lipinski definition) is 2. The Bertz CT molecular complexity index is 1110. The summed E-state index contributed by atoms with van der Waals surface area (Å²) in [6.07, 6.45) is 2.49. The van der Waals surface area contributed by atoms with E-state index in [1.165, 1.54) is 4.90 Å². The number of anilines is 2. The van der Waals surface area contributed by atoms with E-state index in [1.807, 2.05) is 30.3 Å². The Morgan fingerprint density at radius 2 is 1.45 bits per heavy atom. The second-order valence-electron chi connectivity index (χ2n) is 8.93. The molecule has 2 aromatic carbocycles. The number of rotatable bonds is 11. The van der Waals surface area contributed by atoms with Gasteiger partial charge in [-0.2, -0.15) is 0 Å². The van der Waals surface area contributed by atoms with Crippen molar-refractivity contribution in [3.63, 3.8) is 0 Å². The van der Waals surface area contributed by atoms with Crippen LogP contribution in [0.5, 0.6) is 0 Å². The van der Waals surface area contributed by atoms with Gasteiger partial charge >= 0.3 is 0 Å². The highest BCUT2D eigenvalue weighted by molar-refractivity contribution is 7.90. The molecule has 7 nitrogen and oxygen atoms in total. The molecule has 0 saturated carbocycles. The van der Waals surface area contributed by atoms with E-state index in [2.05, 4.69) is 23.9 Å². The average Bonchev–Trinajstić information content (AvgIpc) is 3.02. The molecule has 0 saturated heterocycles. The number of amides is 2. The van der Waals surface area contributed by atoms with Crippen LogP contribution in [0.4, 0.5) is 11.4 Å². The van der Waals surface area contributed by atoms with Gasteiger partial charge in [0.2, 0.25) is 10.0 Å². The number of benzene rings is 2. The molecule has 1 heterocycles. The summed E-state index contributed by atoms with van der Waals surface area (Å²) in [6, 6.07) is 12.8. The molecule has 178 valence electrons. The minimum atomic E-state index is -3.21. The SMILES string of the molecule is CC(C)c1ccc(N2C(=O)c3ccc(NCCCCCNS(=O)(=O)C(C)C)cc3C2=O)cc1. The molecular weight excluding hydrogens is 438 g/mol. The maximum Gasteiger partial charge on any atom is 0.266 e. The third-order valence-electron chi connectivity index (χ3n) is 5.81. The zero-order valence-corrected chi connectivity index (χ0v) is 20.5. The van der Waals surface area contributed by atoms with Gasteiger partial charge in [-0.05, 0) is 68.5 Å². The predicted molar refractivity (Wildman–Crippen MR) is 133 cm³/mol. The normalized spacial score (nSPS) is 13.8. The van der Waals surface area contributed by atoms with Crippen LogP contribution in [0.1, 0.15) is 79.2 Å². The van der Waals surface area contributed by atoms with Gasteiger partial charge in [0.1, 0.15) is 0 Å². The van der Waals surface area contributed by atoms with Crippen LogP contribution in [-0.2, 0) is 10.0 Å². The van der Waals surface area contributed by atoms with Gasteiger partial charge in [-0.25, -0.2) is 18.0 Å². The summed E-state index contributed by atoms with van der Waals surface area (Å²) in [4.78, 5) is 27.1. The quantitative estimate of drug-likeness (QED) is 0.371. The Morgan fingerprint density at radius 3 is 2.09 bits per heavy atom. The van der Waals surface area contributed by atoms with E-state index in [1.54, 1.807) is 26.0 Å². The van der Waals surface area contributed by atoms with Crippen molar-refractivity contribution in [2.24, 2.45) is 0 Å². The van der Waals surface area contributed by atoms with E-state index in [0.29, 0.717) is 35.8 Å². The first-order valence-electron chi connectivity index (χ1n) is 11.5. The zero-order chi connectivity index (χ0) is 24.2. The third kappa shape index (κ3) is 5.81. The Labute approximate surface area is 196 Å². The fourth-order valence-electron chi connectivity index (χ4n) is 3.63. The number of imide groups is 1. The second kappa shape index (κ2) is 10.5. The van der Waals surface area contributed by atoms with Crippen molar-refractivity contribution in [2.45, 2.75) is 58.1 Å². The number of nitrogens with zero attached hydrogens (tertiary/aromatic N) is 1. The molecular formula is C25H33N3O4S. The molecule has 0 fully saturated rings. The number of nitrogens with one attached hydrogen (secondary N) is 2. The molecule has 0 atom stereocenters. The molecule has 2 aromatic rings. The van der Waals surface area contributed by atoms with Crippen molar-refractivity contribution < 1.29 is 18.0 Å². The van der Waals surface area contributed by atoms with Crippen LogP contribution >= 0.6 is 0 Å². The maximum atomic E-state index is 13.0. The minimum Gasteiger partial charge on any atom is -0.385 e. The van der Waals surface area contributed by atoms with Gasteiger partial charge in [0.05, 0.1) is 22.1 Å². The van der Waals surface area contributed by atoms with Crippen molar-refractivity contribution in [3.05, 3.63) is 59.2 Å². The van der Waals surface area contributed by atoms with Crippen LogP contribution in [0.15, 0.2) is 42.5 Å². The first kappa shape index (κ1) is 24.9. The number of carbonyl (C=O) groups excluding carboxylic acids is 2. The molecule has 33 heavy (non-hydrogen) atoms. The minimum absolute atomic E-state index is 0.303. The van der Waals surface area contributed by atoms with Crippen LogP contribution in [0.25, 0.3) is 0 Å². The molecule has 0 spiro atoms. The summed E-state index contributed by atoms with van der Waals surface area (Å²) in [6.45, 7) is 8.63. The van der Waals surface area contributed by atoms with Gasteiger partial charge in [-0.15, -0.1) is 0 Å². The van der Waals surface area contributed by atoms with Crippen molar-refractivity contribution in [1.82, 2.24) is 4.72 Å². The highest BCUT2D eigenvalue weighted by Gasteiger charge is 2.36. The Kier molecular flexibility index (Phi) is 7.92. The smallest absolute Gasteiger partial charge is 0.266 e. The lowest BCUT2D eigenvalue weighted by atomic mass is 10.0. The van der Waals surface area contributed by atoms with E-state index < -0.39 is 15.3 Å². The third-order valence-corrected chi connectivity index (χ3v) is 7.66. The summed E-state index contributed by atoms with van der Waals surface area (Å²) in [5, 5.41) is 2.86. The number of sulfonamides is 1. The summed E-state index contributed by atoms with van der Waals surface area (Å²) in [5.74, 6) is -0.240. The van der Waals surface area contributed by atoms with E-state index in [9.17, 15) is 18.0 Å². The Balaban J connectivity index is 1.53. The van der Waals surface area contributed by atoms with Crippen LogP contribution in [0.2, 0.25) is 0 Å². The molecule has 0 aromatic heterocycles. The van der Waals surface area contributed by atoms with Gasteiger partial charge in [0.25, 0.3) is 11.8 Å². The lowest BCUT2D eigenvalue weighted by Crippen LogP contribution is -2.31. The second-order valence-corrected chi connectivity index (χ2v) is 11.2. The first-order valence-corrected chi connectivity index (χ1v) is 13.0. The van der Waals surface area contributed by atoms with Crippen LogP contribution in [-0.4, -0.2) is 38.6 Å². The molecule has 1 aliphatic heterocycles. The van der Waals surface area contributed by atoms with E-state index >= 15 is 0 Å². The molecule has 0 radical (unpaired) electrons. The topological polar surface area (TPSA) is 95.6 Å². The molecule has 0 unspecified atom stereocenters. The van der Waals surface area contributed by atoms with E-state index in [0.717, 1.165) is 30.5 Å². The highest BCUT2D eigenvalue weighted by atomic mass is 32.2. The largest absolute Gasteiger partial charge is 0.385 e. The van der Waals surface area contributed by atoms with Gasteiger partial charge in [0, 0.05) is 18.8 Å². The monoisotopic (exact) mass is 471 g/mol. The summed E-state index contributed by atoms with van der Waals surface area (Å²) in [5.41, 5.74) is 3.33. The van der Waals surface area contributed by atoms with Gasteiger partial charge in [-0.3, -0.25) is 9.59 Å². The van der Waals surface area contributed by atoms with Crippen molar-refractivity contribution in [1.29, 1.82) is 0 Å². The van der Waals surface area contributed by atoms with Crippen LogP contribution in [0, 0.1) is 0 Å². The number of unbranched alkanes of at least 4 members (excludes halogenated alkanes) is 2. The molecule has 2 N–H and O–H groups in total. The molecule has 1 aliphatic rings. The fraction of sp³-hybridized carbons (Fsp3) is 0.440. The highest BCUT2D eigenvalue weighted by Crippen LogP contribution is 2.31.